The summed E-state index contributed by atoms with van der Waals surface area (Å²) in [5.41, 5.74) is 0.956. The molecule has 0 aliphatic heterocycles. The molecular formula is C25H28O6S. The van der Waals surface area contributed by atoms with Gasteiger partial charge >= 0.3 is 5.97 Å². The third-order valence-electron chi connectivity index (χ3n) is 4.90. The first-order valence-electron chi connectivity index (χ1n) is 10.5. The van der Waals surface area contributed by atoms with Crippen molar-refractivity contribution in [2.45, 2.75) is 37.3 Å². The van der Waals surface area contributed by atoms with Crippen LogP contribution in [0.3, 0.4) is 0 Å². The summed E-state index contributed by atoms with van der Waals surface area (Å²) in [4.78, 5) is 12.4. The van der Waals surface area contributed by atoms with Crippen molar-refractivity contribution < 1.29 is 28.3 Å². The molecule has 0 fully saturated rings. The van der Waals surface area contributed by atoms with Crippen LogP contribution in [0.5, 0.6) is 23.0 Å². The molecule has 0 heterocycles. The summed E-state index contributed by atoms with van der Waals surface area (Å²) >= 11 is -1.38. The molecule has 32 heavy (non-hydrogen) atoms. The van der Waals surface area contributed by atoms with Crippen LogP contribution in [-0.2, 0) is 21.7 Å². The Morgan fingerprint density at radius 2 is 1.62 bits per heavy atom. The Hall–Kier alpha value is -2.90. The van der Waals surface area contributed by atoms with E-state index >= 15 is 0 Å². The van der Waals surface area contributed by atoms with E-state index in [4.69, 9.17) is 18.9 Å². The Morgan fingerprint density at radius 1 is 0.938 bits per heavy atom. The molecule has 0 amide bonds. The summed E-state index contributed by atoms with van der Waals surface area (Å²) in [6.07, 6.45) is 1.80. The maximum Gasteiger partial charge on any atom is 0.308 e. The van der Waals surface area contributed by atoms with Crippen LogP contribution >= 0.6 is 0 Å². The molecule has 1 atom stereocenters. The maximum absolute atomic E-state index is 13.5. The van der Waals surface area contributed by atoms with Gasteiger partial charge in [-0.1, -0.05) is 49.7 Å². The molecule has 6 nitrogen and oxygen atoms in total. The van der Waals surface area contributed by atoms with Crippen molar-refractivity contribution in [1.29, 1.82) is 0 Å². The van der Waals surface area contributed by atoms with E-state index in [1.807, 2.05) is 30.3 Å². The number of unbranched alkanes of at least 4 members (excludes halogenated alkanes) is 1. The Labute approximate surface area is 191 Å². The Bertz CT molecular complexity index is 1070. The van der Waals surface area contributed by atoms with Gasteiger partial charge in [0.2, 0.25) is 11.5 Å². The lowest BCUT2D eigenvalue weighted by Crippen LogP contribution is -2.10. The monoisotopic (exact) mass is 456 g/mol. The van der Waals surface area contributed by atoms with Crippen molar-refractivity contribution in [2.24, 2.45) is 0 Å². The van der Waals surface area contributed by atoms with Crippen LogP contribution in [0.25, 0.3) is 10.8 Å². The molecule has 0 aromatic heterocycles. The van der Waals surface area contributed by atoms with Crippen molar-refractivity contribution in [1.82, 2.24) is 0 Å². The summed E-state index contributed by atoms with van der Waals surface area (Å²) < 4.78 is 36.3. The molecule has 7 heteroatoms. The summed E-state index contributed by atoms with van der Waals surface area (Å²) in [6.45, 7) is 3.85. The SMILES string of the molecule is CCCCOc1c(OC)c(OC)c(OC(C)=O)c2cccc([S+]([O-])Cc3ccccc3)c12. The Balaban J connectivity index is 2.26. The highest BCUT2D eigenvalue weighted by atomic mass is 32.2. The van der Waals surface area contributed by atoms with Gasteiger partial charge in [0.25, 0.3) is 0 Å². The number of benzene rings is 3. The van der Waals surface area contributed by atoms with Crippen LogP contribution in [0.15, 0.2) is 53.4 Å². The number of carbonyl (C=O) groups excluding carboxylic acids is 1. The third kappa shape index (κ3) is 5.11. The largest absolute Gasteiger partial charge is 0.611 e. The van der Waals surface area contributed by atoms with Gasteiger partial charge in [0.05, 0.1) is 26.2 Å². The van der Waals surface area contributed by atoms with Crippen LogP contribution in [0.1, 0.15) is 32.3 Å². The first-order valence-corrected chi connectivity index (χ1v) is 11.8. The van der Waals surface area contributed by atoms with Gasteiger partial charge in [0, 0.05) is 17.9 Å². The van der Waals surface area contributed by atoms with Gasteiger partial charge in [-0.25, -0.2) is 0 Å². The number of hydrogen-bond acceptors (Lipinski definition) is 6. The zero-order valence-electron chi connectivity index (χ0n) is 18.8. The topological polar surface area (TPSA) is 77.0 Å². The molecule has 0 radical (unpaired) electrons. The molecule has 3 rings (SSSR count). The van der Waals surface area contributed by atoms with E-state index in [0.717, 1.165) is 18.4 Å². The molecule has 0 N–H and O–H groups in total. The number of carbonyl (C=O) groups is 1. The minimum absolute atomic E-state index is 0.216. The number of fused-ring (bicyclic) bond motifs is 1. The van der Waals surface area contributed by atoms with Gasteiger partial charge in [0.1, 0.15) is 5.75 Å². The second kappa shape index (κ2) is 11.1. The molecule has 170 valence electrons. The van der Waals surface area contributed by atoms with Crippen molar-refractivity contribution >= 4 is 27.9 Å². The number of methoxy groups -OCH3 is 2. The predicted octanol–water partition coefficient (Wildman–Crippen LogP) is 5.27. The lowest BCUT2D eigenvalue weighted by atomic mass is 10.1. The van der Waals surface area contributed by atoms with Crippen LogP contribution in [0, 0.1) is 0 Å². The van der Waals surface area contributed by atoms with Gasteiger partial charge < -0.3 is 23.5 Å². The van der Waals surface area contributed by atoms with Crippen molar-refractivity contribution in [3.05, 3.63) is 54.1 Å². The average Bonchev–Trinajstić information content (AvgIpc) is 2.79. The summed E-state index contributed by atoms with van der Waals surface area (Å²) in [5.74, 6) is 1.05. The Morgan fingerprint density at radius 3 is 2.25 bits per heavy atom. The fraction of sp³-hybridized carbons (Fsp3) is 0.320. The number of hydrogen-bond donors (Lipinski definition) is 0. The molecule has 3 aromatic carbocycles. The van der Waals surface area contributed by atoms with Gasteiger partial charge in [-0.15, -0.1) is 0 Å². The van der Waals surface area contributed by atoms with E-state index in [0.29, 0.717) is 39.5 Å². The molecule has 0 aliphatic carbocycles. The van der Waals surface area contributed by atoms with Gasteiger partial charge in [0.15, 0.2) is 16.4 Å². The number of esters is 1. The fourth-order valence-electron chi connectivity index (χ4n) is 3.46. The predicted molar refractivity (Wildman–Crippen MR) is 125 cm³/mol. The van der Waals surface area contributed by atoms with Crippen molar-refractivity contribution in [2.75, 3.05) is 20.8 Å². The van der Waals surface area contributed by atoms with Gasteiger partial charge in [-0.05, 0) is 29.7 Å². The molecular weight excluding hydrogens is 428 g/mol. The molecule has 0 aliphatic rings. The summed E-state index contributed by atoms with van der Waals surface area (Å²) in [6, 6.07) is 15.0. The third-order valence-corrected chi connectivity index (χ3v) is 6.33. The summed E-state index contributed by atoms with van der Waals surface area (Å²) in [5, 5.41) is 1.16. The van der Waals surface area contributed by atoms with E-state index in [1.54, 1.807) is 18.2 Å². The lowest BCUT2D eigenvalue weighted by Gasteiger charge is -2.22. The van der Waals surface area contributed by atoms with Crippen LogP contribution < -0.4 is 18.9 Å². The van der Waals surface area contributed by atoms with E-state index < -0.39 is 17.1 Å². The molecule has 3 aromatic rings. The highest BCUT2D eigenvalue weighted by molar-refractivity contribution is 7.90. The average molecular weight is 457 g/mol. The second-order valence-corrected chi connectivity index (χ2v) is 8.59. The minimum atomic E-state index is -1.38. The normalized spacial score (nSPS) is 11.8. The van der Waals surface area contributed by atoms with E-state index in [-0.39, 0.29) is 11.5 Å². The number of ether oxygens (including phenoxy) is 4. The standard InChI is InChI=1S/C25H28O6S/c1-5-6-15-30-23-21-19(22(31-17(2)26)24(28-3)25(23)29-4)13-10-14-20(21)32(27)16-18-11-8-7-9-12-18/h7-14H,5-6,15-16H2,1-4H3. The van der Waals surface area contributed by atoms with Gasteiger partial charge in [-0.2, -0.15) is 0 Å². The zero-order valence-corrected chi connectivity index (χ0v) is 19.6. The molecule has 0 bridgehead atoms. The maximum atomic E-state index is 13.5. The zero-order chi connectivity index (χ0) is 23.1. The second-order valence-electron chi connectivity index (χ2n) is 7.17. The first kappa shape index (κ1) is 23.8. The van der Waals surface area contributed by atoms with Crippen LogP contribution in [0.4, 0.5) is 0 Å². The molecule has 0 saturated carbocycles. The van der Waals surface area contributed by atoms with Crippen LogP contribution in [-0.4, -0.2) is 31.3 Å². The summed E-state index contributed by atoms with van der Waals surface area (Å²) in [7, 11) is 2.97. The van der Waals surface area contributed by atoms with Gasteiger partial charge in [-0.3, -0.25) is 4.79 Å². The first-order chi connectivity index (χ1) is 15.5. The smallest absolute Gasteiger partial charge is 0.308 e. The van der Waals surface area contributed by atoms with E-state index in [2.05, 4.69) is 6.92 Å². The molecule has 0 spiro atoms. The van der Waals surface area contributed by atoms with E-state index in [9.17, 15) is 9.35 Å². The highest BCUT2D eigenvalue weighted by Gasteiger charge is 2.29. The molecule has 1 unspecified atom stereocenters. The number of rotatable bonds is 10. The van der Waals surface area contributed by atoms with Crippen LogP contribution in [0.2, 0.25) is 0 Å². The minimum Gasteiger partial charge on any atom is -0.611 e. The van der Waals surface area contributed by atoms with Crippen molar-refractivity contribution in [3.8, 4) is 23.0 Å². The highest BCUT2D eigenvalue weighted by Crippen LogP contribution is 2.52. The quantitative estimate of drug-likeness (QED) is 0.179. The Kier molecular flexibility index (Phi) is 8.25. The fourth-order valence-corrected chi connectivity index (χ4v) is 4.77. The molecule has 0 saturated heterocycles. The van der Waals surface area contributed by atoms with E-state index in [1.165, 1.54) is 21.1 Å². The van der Waals surface area contributed by atoms with Crippen molar-refractivity contribution in [3.63, 3.8) is 0 Å². The lowest BCUT2D eigenvalue weighted by molar-refractivity contribution is -0.131.